The molecule has 0 radical (unpaired) electrons. The number of hydrogen-bond donors (Lipinski definition) is 3. The van der Waals surface area contributed by atoms with E-state index < -0.39 is 0 Å². The summed E-state index contributed by atoms with van der Waals surface area (Å²) in [7, 11) is 0. The molecule has 1 aromatic carbocycles. The minimum absolute atomic E-state index is 0.238. The van der Waals surface area contributed by atoms with E-state index in [4.69, 9.17) is 17.3 Å². The number of aryl methyl sites for hydroxylation is 1. The fraction of sp³-hybridized carbons (Fsp3) is 0.0909. The summed E-state index contributed by atoms with van der Waals surface area (Å²) in [5.41, 5.74) is 7.87. The van der Waals surface area contributed by atoms with E-state index in [0.717, 1.165) is 0 Å². The number of nitrogen functional groups attached to an aromatic ring is 1. The molecule has 0 unspecified atom stereocenters. The molecule has 17 heavy (non-hydrogen) atoms. The molecular formula is C11H11ClN4O. The van der Waals surface area contributed by atoms with Crippen molar-refractivity contribution >= 4 is 28.9 Å². The number of aromatic nitrogens is 2. The van der Waals surface area contributed by atoms with E-state index in [1.165, 1.54) is 6.20 Å². The van der Waals surface area contributed by atoms with Crippen molar-refractivity contribution in [2.45, 2.75) is 6.92 Å². The van der Waals surface area contributed by atoms with Gasteiger partial charge in [0.25, 0.3) is 5.91 Å². The van der Waals surface area contributed by atoms with E-state index in [-0.39, 0.29) is 5.91 Å². The van der Waals surface area contributed by atoms with Crippen molar-refractivity contribution in [3.05, 3.63) is 40.7 Å². The van der Waals surface area contributed by atoms with Crippen LogP contribution in [-0.2, 0) is 0 Å². The van der Waals surface area contributed by atoms with Gasteiger partial charge in [-0.15, -0.1) is 0 Å². The summed E-state index contributed by atoms with van der Waals surface area (Å²) in [5.74, 6) is -0.238. The average molecular weight is 251 g/mol. The van der Waals surface area contributed by atoms with Crippen molar-refractivity contribution in [1.29, 1.82) is 0 Å². The third kappa shape index (κ3) is 2.39. The molecule has 1 aromatic heterocycles. The minimum atomic E-state index is -0.238. The lowest BCUT2D eigenvalue weighted by molar-refractivity contribution is 0.102. The van der Waals surface area contributed by atoms with Gasteiger partial charge in [0.2, 0.25) is 0 Å². The third-order valence-corrected chi connectivity index (χ3v) is 2.67. The molecule has 5 nitrogen and oxygen atoms in total. The lowest BCUT2D eigenvalue weighted by Gasteiger charge is -2.06. The Labute approximate surface area is 103 Å². The number of nitrogens with one attached hydrogen (secondary N) is 2. The van der Waals surface area contributed by atoms with Crippen molar-refractivity contribution in [3.63, 3.8) is 0 Å². The van der Waals surface area contributed by atoms with Crippen LogP contribution in [0.1, 0.15) is 16.1 Å². The van der Waals surface area contributed by atoms with Crippen LogP contribution in [0.25, 0.3) is 0 Å². The van der Waals surface area contributed by atoms with Gasteiger partial charge in [-0.2, -0.15) is 5.10 Å². The number of hydrogen-bond acceptors (Lipinski definition) is 3. The molecule has 0 aliphatic heterocycles. The van der Waals surface area contributed by atoms with Crippen LogP contribution >= 0.6 is 11.6 Å². The fourth-order valence-corrected chi connectivity index (χ4v) is 1.52. The molecule has 1 heterocycles. The first-order valence-corrected chi connectivity index (χ1v) is 5.32. The Bertz CT molecular complexity index is 564. The lowest BCUT2D eigenvalue weighted by atomic mass is 10.2. The Morgan fingerprint density at radius 1 is 1.53 bits per heavy atom. The molecule has 4 N–H and O–H groups in total. The normalized spacial score (nSPS) is 10.2. The monoisotopic (exact) mass is 250 g/mol. The second kappa shape index (κ2) is 4.47. The molecule has 0 spiro atoms. The van der Waals surface area contributed by atoms with Gasteiger partial charge in [0.05, 0.1) is 22.5 Å². The van der Waals surface area contributed by atoms with Crippen LogP contribution in [0.3, 0.4) is 0 Å². The second-order valence-corrected chi connectivity index (χ2v) is 4.01. The Kier molecular flexibility index (Phi) is 3.01. The smallest absolute Gasteiger partial charge is 0.259 e. The number of nitrogens with zero attached hydrogens (tertiary/aromatic N) is 1. The van der Waals surface area contributed by atoms with Crippen LogP contribution in [0.15, 0.2) is 24.4 Å². The lowest BCUT2D eigenvalue weighted by Crippen LogP contribution is -2.12. The number of benzene rings is 1. The first kappa shape index (κ1) is 11.5. The van der Waals surface area contributed by atoms with Gasteiger partial charge in [0, 0.05) is 11.4 Å². The number of amides is 1. The molecule has 0 aliphatic carbocycles. The Morgan fingerprint density at radius 3 is 2.88 bits per heavy atom. The fourth-order valence-electron chi connectivity index (χ4n) is 1.40. The zero-order valence-corrected chi connectivity index (χ0v) is 9.88. The predicted molar refractivity (Wildman–Crippen MR) is 67.1 cm³/mol. The van der Waals surface area contributed by atoms with Gasteiger partial charge in [-0.25, -0.2) is 0 Å². The molecule has 88 valence electrons. The number of halogens is 1. The van der Waals surface area contributed by atoms with Gasteiger partial charge >= 0.3 is 0 Å². The highest BCUT2D eigenvalue weighted by Gasteiger charge is 2.11. The zero-order chi connectivity index (χ0) is 12.4. The molecule has 0 atom stereocenters. The molecule has 0 bridgehead atoms. The predicted octanol–water partition coefficient (Wildman–Crippen LogP) is 2.21. The molecule has 0 saturated carbocycles. The van der Waals surface area contributed by atoms with E-state index in [1.54, 1.807) is 25.1 Å². The van der Waals surface area contributed by atoms with Crippen molar-refractivity contribution < 1.29 is 4.79 Å². The molecule has 2 rings (SSSR count). The number of carbonyl (C=O) groups excluding carboxylic acids is 1. The second-order valence-electron chi connectivity index (χ2n) is 3.60. The van der Waals surface area contributed by atoms with E-state index in [2.05, 4.69) is 15.5 Å². The van der Waals surface area contributed by atoms with Gasteiger partial charge in [-0.05, 0) is 25.1 Å². The summed E-state index contributed by atoms with van der Waals surface area (Å²) in [5, 5.41) is 9.66. The minimum Gasteiger partial charge on any atom is -0.397 e. The SMILES string of the molecule is Cc1[nH]ncc1C(=O)Nc1ccc(Cl)c(N)c1. The number of nitrogens with two attached hydrogens (primary N) is 1. The summed E-state index contributed by atoms with van der Waals surface area (Å²) < 4.78 is 0. The van der Waals surface area contributed by atoms with E-state index in [9.17, 15) is 4.79 Å². The highest BCUT2D eigenvalue weighted by atomic mass is 35.5. The van der Waals surface area contributed by atoms with Crippen LogP contribution in [-0.4, -0.2) is 16.1 Å². The maximum Gasteiger partial charge on any atom is 0.259 e. The third-order valence-electron chi connectivity index (χ3n) is 2.33. The number of aromatic amines is 1. The van der Waals surface area contributed by atoms with E-state index >= 15 is 0 Å². The van der Waals surface area contributed by atoms with Gasteiger partial charge < -0.3 is 11.1 Å². The standard InChI is InChI=1S/C11H11ClN4O/c1-6-8(5-14-16-6)11(17)15-7-2-3-9(12)10(13)4-7/h2-5H,13H2,1H3,(H,14,16)(H,15,17). The maximum atomic E-state index is 11.8. The summed E-state index contributed by atoms with van der Waals surface area (Å²) in [4.78, 5) is 11.8. The molecule has 6 heteroatoms. The summed E-state index contributed by atoms with van der Waals surface area (Å²) in [6, 6.07) is 4.93. The first-order chi connectivity index (χ1) is 8.08. The van der Waals surface area contributed by atoms with Gasteiger partial charge in [-0.3, -0.25) is 9.89 Å². The van der Waals surface area contributed by atoms with E-state index in [0.29, 0.717) is 27.7 Å². The van der Waals surface area contributed by atoms with Crippen molar-refractivity contribution in [2.24, 2.45) is 0 Å². The van der Waals surface area contributed by atoms with Crippen LogP contribution < -0.4 is 11.1 Å². The topological polar surface area (TPSA) is 83.8 Å². The quantitative estimate of drug-likeness (QED) is 0.715. The zero-order valence-electron chi connectivity index (χ0n) is 9.12. The number of H-pyrrole nitrogens is 1. The first-order valence-electron chi connectivity index (χ1n) is 4.94. The van der Waals surface area contributed by atoms with E-state index in [1.807, 2.05) is 0 Å². The molecule has 0 saturated heterocycles. The highest BCUT2D eigenvalue weighted by Crippen LogP contribution is 2.22. The molecule has 0 aliphatic rings. The Morgan fingerprint density at radius 2 is 2.29 bits per heavy atom. The Hall–Kier alpha value is -2.01. The summed E-state index contributed by atoms with van der Waals surface area (Å²) in [6.07, 6.45) is 1.48. The van der Waals surface area contributed by atoms with Gasteiger partial charge in [0.15, 0.2) is 0 Å². The summed E-state index contributed by atoms with van der Waals surface area (Å²) in [6.45, 7) is 1.78. The highest BCUT2D eigenvalue weighted by molar-refractivity contribution is 6.33. The number of rotatable bonds is 2. The largest absolute Gasteiger partial charge is 0.397 e. The average Bonchev–Trinajstić information content (AvgIpc) is 2.70. The van der Waals surface area contributed by atoms with Crippen molar-refractivity contribution in [1.82, 2.24) is 10.2 Å². The Balaban J connectivity index is 2.19. The number of anilines is 2. The van der Waals surface area contributed by atoms with Crippen LogP contribution in [0, 0.1) is 6.92 Å². The molecule has 1 amide bonds. The molecular weight excluding hydrogens is 240 g/mol. The van der Waals surface area contributed by atoms with Crippen LogP contribution in [0.5, 0.6) is 0 Å². The number of carbonyl (C=O) groups is 1. The van der Waals surface area contributed by atoms with Crippen LogP contribution in [0.4, 0.5) is 11.4 Å². The van der Waals surface area contributed by atoms with Gasteiger partial charge in [0.1, 0.15) is 0 Å². The van der Waals surface area contributed by atoms with Gasteiger partial charge in [-0.1, -0.05) is 11.6 Å². The van der Waals surface area contributed by atoms with Crippen LogP contribution in [0.2, 0.25) is 5.02 Å². The molecule has 2 aromatic rings. The summed E-state index contributed by atoms with van der Waals surface area (Å²) >= 11 is 5.79. The maximum absolute atomic E-state index is 11.8. The van der Waals surface area contributed by atoms with Crippen molar-refractivity contribution in [3.8, 4) is 0 Å². The van der Waals surface area contributed by atoms with Crippen molar-refractivity contribution in [2.75, 3.05) is 11.1 Å². The molecule has 0 fully saturated rings.